The van der Waals surface area contributed by atoms with Crippen molar-refractivity contribution in [3.63, 3.8) is 0 Å². The molecule has 0 fully saturated rings. The molecule has 36 heavy (non-hydrogen) atoms. The van der Waals surface area contributed by atoms with Gasteiger partial charge in [-0.2, -0.15) is 0 Å². The summed E-state index contributed by atoms with van der Waals surface area (Å²) in [7, 11) is 0. The number of amides is 3. The first kappa shape index (κ1) is 24.5. The average molecular weight is 546 g/mol. The van der Waals surface area contributed by atoms with Crippen LogP contribution in [-0.2, 0) is 0 Å². The number of carboxylic acids is 1. The SMILES string of the molecule is O=C(Nc1ccc(Oc2ccccc2)cc1)Nc1cccc(C(=O)Nc2ccc(Br)cc2C(=O)O)c1. The number of halogens is 1. The summed E-state index contributed by atoms with van der Waals surface area (Å²) in [5, 5.41) is 17.4. The first-order chi connectivity index (χ1) is 17.4. The topological polar surface area (TPSA) is 117 Å². The van der Waals surface area contributed by atoms with Crippen LogP contribution in [0.5, 0.6) is 11.5 Å². The van der Waals surface area contributed by atoms with Crippen LogP contribution in [0.2, 0.25) is 0 Å². The summed E-state index contributed by atoms with van der Waals surface area (Å²) >= 11 is 3.22. The molecule has 0 heterocycles. The number of urea groups is 1. The molecule has 8 nitrogen and oxygen atoms in total. The quantitative estimate of drug-likeness (QED) is 0.203. The van der Waals surface area contributed by atoms with Crippen molar-refractivity contribution in [2.45, 2.75) is 0 Å². The predicted octanol–water partition coefficient (Wildman–Crippen LogP) is 6.84. The molecule has 0 spiro atoms. The fourth-order valence-electron chi connectivity index (χ4n) is 3.26. The largest absolute Gasteiger partial charge is 0.478 e. The van der Waals surface area contributed by atoms with Crippen molar-refractivity contribution in [2.24, 2.45) is 0 Å². The molecule has 4 N–H and O–H groups in total. The van der Waals surface area contributed by atoms with Crippen molar-refractivity contribution < 1.29 is 24.2 Å². The highest BCUT2D eigenvalue weighted by atomic mass is 79.9. The third-order valence-electron chi connectivity index (χ3n) is 4.93. The van der Waals surface area contributed by atoms with Crippen LogP contribution in [0, 0.1) is 0 Å². The highest BCUT2D eigenvalue weighted by Gasteiger charge is 2.15. The fourth-order valence-corrected chi connectivity index (χ4v) is 3.62. The van der Waals surface area contributed by atoms with Gasteiger partial charge in [-0.3, -0.25) is 4.79 Å². The molecule has 0 unspecified atom stereocenters. The van der Waals surface area contributed by atoms with Crippen LogP contribution in [0.15, 0.2) is 102 Å². The number of aromatic carboxylic acids is 1. The molecule has 9 heteroatoms. The van der Waals surface area contributed by atoms with Gasteiger partial charge >= 0.3 is 12.0 Å². The zero-order valence-corrected chi connectivity index (χ0v) is 20.3. The van der Waals surface area contributed by atoms with E-state index >= 15 is 0 Å². The molecule has 0 bridgehead atoms. The summed E-state index contributed by atoms with van der Waals surface area (Å²) in [6, 6.07) is 26.6. The van der Waals surface area contributed by atoms with E-state index in [9.17, 15) is 19.5 Å². The van der Waals surface area contributed by atoms with Gasteiger partial charge in [-0.1, -0.05) is 40.2 Å². The van der Waals surface area contributed by atoms with Crippen LogP contribution in [0.4, 0.5) is 21.9 Å². The Bertz CT molecular complexity index is 1410. The van der Waals surface area contributed by atoms with Crippen molar-refractivity contribution in [3.05, 3.63) is 113 Å². The van der Waals surface area contributed by atoms with E-state index in [2.05, 4.69) is 31.9 Å². The Balaban J connectivity index is 1.37. The number of hydrogen-bond acceptors (Lipinski definition) is 4. The number of rotatable bonds is 7. The molecule has 4 rings (SSSR count). The Morgan fingerprint density at radius 1 is 0.694 bits per heavy atom. The van der Waals surface area contributed by atoms with E-state index in [1.807, 2.05) is 30.3 Å². The van der Waals surface area contributed by atoms with Crippen LogP contribution in [0.25, 0.3) is 0 Å². The fraction of sp³-hybridized carbons (Fsp3) is 0. The minimum atomic E-state index is -1.17. The van der Waals surface area contributed by atoms with Crippen molar-refractivity contribution in [1.29, 1.82) is 0 Å². The number of carbonyl (C=O) groups excluding carboxylic acids is 2. The molecular weight excluding hydrogens is 526 g/mol. The number of hydrogen-bond donors (Lipinski definition) is 4. The molecule has 0 aliphatic carbocycles. The van der Waals surface area contributed by atoms with Crippen molar-refractivity contribution >= 4 is 50.9 Å². The lowest BCUT2D eigenvalue weighted by atomic mass is 10.1. The van der Waals surface area contributed by atoms with E-state index < -0.39 is 17.9 Å². The van der Waals surface area contributed by atoms with E-state index in [0.717, 1.165) is 0 Å². The minimum absolute atomic E-state index is 0.0495. The number of benzene rings is 4. The lowest BCUT2D eigenvalue weighted by Gasteiger charge is -2.11. The normalized spacial score (nSPS) is 10.2. The van der Waals surface area contributed by atoms with E-state index in [4.69, 9.17) is 4.74 Å². The van der Waals surface area contributed by atoms with E-state index in [1.165, 1.54) is 18.2 Å². The smallest absolute Gasteiger partial charge is 0.337 e. The first-order valence-electron chi connectivity index (χ1n) is 10.7. The van der Waals surface area contributed by atoms with Crippen molar-refractivity contribution in [1.82, 2.24) is 0 Å². The van der Waals surface area contributed by atoms with Gasteiger partial charge in [0.1, 0.15) is 11.5 Å². The summed E-state index contributed by atoms with van der Waals surface area (Å²) in [5.74, 6) is -0.349. The van der Waals surface area contributed by atoms with Gasteiger partial charge in [0.15, 0.2) is 0 Å². The molecule has 4 aromatic rings. The monoisotopic (exact) mass is 545 g/mol. The first-order valence-corrected chi connectivity index (χ1v) is 11.5. The zero-order valence-electron chi connectivity index (χ0n) is 18.7. The molecule has 0 radical (unpaired) electrons. The lowest BCUT2D eigenvalue weighted by molar-refractivity contribution is 0.0698. The number of anilines is 3. The van der Waals surface area contributed by atoms with Gasteiger partial charge in [-0.15, -0.1) is 0 Å². The molecule has 3 amide bonds. The Labute approximate surface area is 215 Å². The summed E-state index contributed by atoms with van der Waals surface area (Å²) in [6.07, 6.45) is 0. The highest BCUT2D eigenvalue weighted by molar-refractivity contribution is 9.10. The molecule has 0 saturated carbocycles. The van der Waals surface area contributed by atoms with Gasteiger partial charge in [-0.25, -0.2) is 9.59 Å². The Morgan fingerprint density at radius 2 is 1.39 bits per heavy atom. The van der Waals surface area contributed by atoms with Gasteiger partial charge < -0.3 is 25.8 Å². The van der Waals surface area contributed by atoms with E-state index in [-0.39, 0.29) is 16.8 Å². The molecule has 0 aliphatic rings. The highest BCUT2D eigenvalue weighted by Crippen LogP contribution is 2.24. The second kappa shape index (κ2) is 11.2. The summed E-state index contributed by atoms with van der Waals surface area (Å²) < 4.78 is 6.31. The van der Waals surface area contributed by atoms with E-state index in [1.54, 1.807) is 48.5 Å². The number of ether oxygens (including phenoxy) is 1. The van der Waals surface area contributed by atoms with Crippen LogP contribution in [0.3, 0.4) is 0 Å². The summed E-state index contributed by atoms with van der Waals surface area (Å²) in [4.78, 5) is 36.7. The van der Waals surface area contributed by atoms with Gasteiger partial charge in [0, 0.05) is 21.4 Å². The number of para-hydroxylation sites is 1. The molecule has 0 atom stereocenters. The molecule has 0 aliphatic heterocycles. The average Bonchev–Trinajstić information content (AvgIpc) is 2.87. The van der Waals surface area contributed by atoms with Crippen molar-refractivity contribution in [3.8, 4) is 11.5 Å². The molecule has 4 aromatic carbocycles. The van der Waals surface area contributed by atoms with Crippen LogP contribution in [0.1, 0.15) is 20.7 Å². The number of carboxylic acid groups (broad SMARTS) is 1. The van der Waals surface area contributed by atoms with Crippen molar-refractivity contribution in [2.75, 3.05) is 16.0 Å². The summed E-state index contributed by atoms with van der Waals surface area (Å²) in [5.41, 5.74) is 1.30. The Morgan fingerprint density at radius 3 is 2.11 bits per heavy atom. The zero-order chi connectivity index (χ0) is 25.5. The van der Waals surface area contributed by atoms with Gasteiger partial charge in [0.25, 0.3) is 5.91 Å². The molecule has 0 saturated heterocycles. The lowest BCUT2D eigenvalue weighted by Crippen LogP contribution is -2.20. The number of carbonyl (C=O) groups is 3. The maximum Gasteiger partial charge on any atom is 0.337 e. The van der Waals surface area contributed by atoms with Crippen LogP contribution < -0.4 is 20.7 Å². The third-order valence-corrected chi connectivity index (χ3v) is 5.43. The van der Waals surface area contributed by atoms with E-state index in [0.29, 0.717) is 27.3 Å². The second-order valence-electron chi connectivity index (χ2n) is 7.55. The standard InChI is InChI=1S/C27H20BrN3O5/c28-18-9-14-24(23(16-18)26(33)34)31-25(32)17-5-4-6-20(15-17)30-27(35)29-19-10-12-22(13-11-19)36-21-7-2-1-3-8-21/h1-16H,(H,31,32)(H,33,34)(H2,29,30,35). The third kappa shape index (κ3) is 6.49. The predicted molar refractivity (Wildman–Crippen MR) is 141 cm³/mol. The van der Waals surface area contributed by atoms with Crippen LogP contribution >= 0.6 is 15.9 Å². The van der Waals surface area contributed by atoms with Gasteiger partial charge in [-0.05, 0) is 72.8 Å². The van der Waals surface area contributed by atoms with Gasteiger partial charge in [0.2, 0.25) is 0 Å². The molecule has 0 aromatic heterocycles. The Hall–Kier alpha value is -4.63. The number of nitrogens with one attached hydrogen (secondary N) is 3. The molecule has 180 valence electrons. The maximum absolute atomic E-state index is 12.7. The second-order valence-corrected chi connectivity index (χ2v) is 8.46. The minimum Gasteiger partial charge on any atom is -0.478 e. The van der Waals surface area contributed by atoms with Crippen LogP contribution in [-0.4, -0.2) is 23.0 Å². The maximum atomic E-state index is 12.7. The van der Waals surface area contributed by atoms with Gasteiger partial charge in [0.05, 0.1) is 11.3 Å². The Kier molecular flexibility index (Phi) is 7.62. The molecular formula is C27H20BrN3O5. The summed E-state index contributed by atoms with van der Waals surface area (Å²) in [6.45, 7) is 0.